The fraction of sp³-hybridized carbons (Fsp3) is 0.824. The van der Waals surface area contributed by atoms with Crippen LogP contribution in [0.25, 0.3) is 0 Å². The molecular formula is C17H26N2S. The molecule has 2 fully saturated rings. The summed E-state index contributed by atoms with van der Waals surface area (Å²) in [6.45, 7) is 0. The van der Waals surface area contributed by atoms with E-state index >= 15 is 0 Å². The van der Waals surface area contributed by atoms with Gasteiger partial charge in [-0.2, -0.15) is 0 Å². The van der Waals surface area contributed by atoms with Gasteiger partial charge in [0.25, 0.3) is 0 Å². The first-order valence-corrected chi connectivity index (χ1v) is 9.25. The van der Waals surface area contributed by atoms with E-state index in [4.69, 9.17) is 4.98 Å². The minimum Gasteiger partial charge on any atom is -0.308 e. The first-order valence-electron chi connectivity index (χ1n) is 8.43. The lowest BCUT2D eigenvalue weighted by molar-refractivity contribution is 0.114. The number of nitrogens with one attached hydrogen (secondary N) is 1. The van der Waals surface area contributed by atoms with Crippen LogP contribution in [0.3, 0.4) is 0 Å². The number of rotatable bonds is 2. The van der Waals surface area contributed by atoms with Gasteiger partial charge in [-0.15, -0.1) is 11.3 Å². The lowest BCUT2D eigenvalue weighted by Crippen LogP contribution is -2.45. The number of nitrogens with zero attached hydrogens (tertiary/aromatic N) is 1. The molecule has 1 aromatic heterocycles. The highest BCUT2D eigenvalue weighted by atomic mass is 32.1. The monoisotopic (exact) mass is 290 g/mol. The molecular weight excluding hydrogens is 264 g/mol. The van der Waals surface area contributed by atoms with Gasteiger partial charge >= 0.3 is 0 Å². The van der Waals surface area contributed by atoms with Gasteiger partial charge in [-0.25, -0.2) is 4.98 Å². The number of fused-ring (bicyclic) bond motifs is 1. The first kappa shape index (κ1) is 13.3. The summed E-state index contributed by atoms with van der Waals surface area (Å²) in [6, 6.07) is 0. The Kier molecular flexibility index (Phi) is 3.19. The smallest absolute Gasteiger partial charge is 0.113 e. The quantitative estimate of drug-likeness (QED) is 0.884. The predicted molar refractivity (Wildman–Crippen MR) is 84.2 cm³/mol. The first-order chi connectivity index (χ1) is 9.75. The highest BCUT2D eigenvalue weighted by Gasteiger charge is 2.45. The van der Waals surface area contributed by atoms with E-state index in [1.54, 1.807) is 4.88 Å². The Hall–Kier alpha value is -0.410. The van der Waals surface area contributed by atoms with Crippen molar-refractivity contribution in [1.29, 1.82) is 0 Å². The maximum atomic E-state index is 5.03. The van der Waals surface area contributed by atoms with Crippen LogP contribution in [-0.4, -0.2) is 12.0 Å². The van der Waals surface area contributed by atoms with E-state index in [0.717, 1.165) is 0 Å². The van der Waals surface area contributed by atoms with Crippen molar-refractivity contribution >= 4 is 11.3 Å². The Morgan fingerprint density at radius 2 is 1.70 bits per heavy atom. The van der Waals surface area contributed by atoms with E-state index in [1.165, 1.54) is 81.3 Å². The van der Waals surface area contributed by atoms with Crippen molar-refractivity contribution in [3.8, 4) is 0 Å². The summed E-state index contributed by atoms with van der Waals surface area (Å²) in [6.07, 6.45) is 15.2. The average molecular weight is 290 g/mol. The van der Waals surface area contributed by atoms with Gasteiger partial charge < -0.3 is 5.32 Å². The number of aryl methyl sites for hydroxylation is 2. The summed E-state index contributed by atoms with van der Waals surface area (Å²) in [5.41, 5.74) is 2.32. The predicted octanol–water partition coefficient (Wildman–Crippen LogP) is 4.18. The van der Waals surface area contributed by atoms with Crippen molar-refractivity contribution < 1.29 is 0 Å². The highest BCUT2D eigenvalue weighted by Crippen LogP contribution is 2.54. The summed E-state index contributed by atoms with van der Waals surface area (Å²) in [5, 5.41) is 5.08. The number of hydrogen-bond donors (Lipinski definition) is 1. The molecule has 3 aliphatic rings. The van der Waals surface area contributed by atoms with E-state index < -0.39 is 0 Å². The minimum atomic E-state index is 0.197. The number of thiazole rings is 1. The van der Waals surface area contributed by atoms with E-state index in [2.05, 4.69) is 12.4 Å². The van der Waals surface area contributed by atoms with Gasteiger partial charge in [-0.3, -0.25) is 0 Å². The molecule has 0 radical (unpaired) electrons. The fourth-order valence-electron chi connectivity index (χ4n) is 4.80. The molecule has 20 heavy (non-hydrogen) atoms. The molecule has 0 atom stereocenters. The summed E-state index contributed by atoms with van der Waals surface area (Å²) >= 11 is 2.01. The molecule has 0 saturated heterocycles. The molecule has 4 rings (SSSR count). The van der Waals surface area contributed by atoms with Gasteiger partial charge in [-0.05, 0) is 70.3 Å². The molecule has 1 N–H and O–H groups in total. The maximum absolute atomic E-state index is 5.03. The normalized spacial score (nSPS) is 27.1. The zero-order chi connectivity index (χ0) is 13.6. The van der Waals surface area contributed by atoms with Crippen molar-refractivity contribution in [3.63, 3.8) is 0 Å². The van der Waals surface area contributed by atoms with Crippen molar-refractivity contribution in [2.45, 2.75) is 76.2 Å². The number of hydrogen-bond acceptors (Lipinski definition) is 3. The summed E-state index contributed by atoms with van der Waals surface area (Å²) < 4.78 is 0. The van der Waals surface area contributed by atoms with E-state index in [9.17, 15) is 0 Å². The largest absolute Gasteiger partial charge is 0.308 e. The molecule has 110 valence electrons. The second-order valence-corrected chi connectivity index (χ2v) is 8.37. The van der Waals surface area contributed by atoms with Crippen LogP contribution in [0, 0.1) is 5.41 Å². The van der Waals surface area contributed by atoms with Gasteiger partial charge in [0.2, 0.25) is 0 Å². The molecule has 2 saturated carbocycles. The summed E-state index contributed by atoms with van der Waals surface area (Å²) in [4.78, 5) is 6.61. The molecule has 2 nitrogen and oxygen atoms in total. The Balaban J connectivity index is 1.58. The van der Waals surface area contributed by atoms with E-state index in [-0.39, 0.29) is 5.54 Å². The van der Waals surface area contributed by atoms with Crippen LogP contribution in [-0.2, 0) is 18.4 Å². The summed E-state index contributed by atoms with van der Waals surface area (Å²) in [5.74, 6) is 0. The lowest BCUT2D eigenvalue weighted by Gasteiger charge is -2.44. The van der Waals surface area contributed by atoms with Gasteiger partial charge in [0.05, 0.1) is 11.2 Å². The fourth-order valence-corrected chi connectivity index (χ4v) is 6.20. The van der Waals surface area contributed by atoms with Gasteiger partial charge in [0.1, 0.15) is 5.01 Å². The Morgan fingerprint density at radius 1 is 0.950 bits per heavy atom. The van der Waals surface area contributed by atoms with E-state index in [1.807, 2.05) is 11.3 Å². The van der Waals surface area contributed by atoms with Crippen LogP contribution in [0.1, 0.15) is 73.4 Å². The van der Waals surface area contributed by atoms with Gasteiger partial charge in [0, 0.05) is 4.88 Å². The highest BCUT2D eigenvalue weighted by molar-refractivity contribution is 7.12. The Morgan fingerprint density at radius 3 is 2.35 bits per heavy atom. The molecule has 0 unspecified atom stereocenters. The topological polar surface area (TPSA) is 24.9 Å². The average Bonchev–Trinajstić information content (AvgIpc) is 3.16. The SMILES string of the molecule is CNC1(c2nc3c(s2)CCC3)CCC2(CCCC2)CC1. The molecule has 0 aliphatic heterocycles. The van der Waals surface area contributed by atoms with Crippen LogP contribution in [0.4, 0.5) is 0 Å². The van der Waals surface area contributed by atoms with Gasteiger partial charge in [-0.1, -0.05) is 12.8 Å². The summed E-state index contributed by atoms with van der Waals surface area (Å²) in [7, 11) is 2.15. The Bertz CT molecular complexity index is 468. The molecule has 0 bridgehead atoms. The number of aromatic nitrogens is 1. The zero-order valence-corrected chi connectivity index (χ0v) is 13.5. The maximum Gasteiger partial charge on any atom is 0.113 e. The minimum absolute atomic E-state index is 0.197. The van der Waals surface area contributed by atoms with Crippen molar-refractivity contribution in [2.24, 2.45) is 5.41 Å². The van der Waals surface area contributed by atoms with Crippen molar-refractivity contribution in [1.82, 2.24) is 10.3 Å². The van der Waals surface area contributed by atoms with Crippen LogP contribution in [0.2, 0.25) is 0 Å². The molecule has 0 amide bonds. The second kappa shape index (κ2) is 4.81. The van der Waals surface area contributed by atoms with Gasteiger partial charge in [0.15, 0.2) is 0 Å². The second-order valence-electron chi connectivity index (χ2n) is 7.28. The van der Waals surface area contributed by atoms with Crippen LogP contribution in [0.5, 0.6) is 0 Å². The van der Waals surface area contributed by atoms with Crippen LogP contribution in [0.15, 0.2) is 0 Å². The zero-order valence-electron chi connectivity index (χ0n) is 12.6. The molecule has 1 heterocycles. The molecule has 3 heteroatoms. The Labute approximate surface area is 126 Å². The molecule has 3 aliphatic carbocycles. The van der Waals surface area contributed by atoms with Crippen molar-refractivity contribution in [3.05, 3.63) is 15.6 Å². The van der Waals surface area contributed by atoms with E-state index in [0.29, 0.717) is 5.41 Å². The standard InChI is InChI=1S/C17H26N2S/c1-18-17(15-19-13-5-4-6-14(13)20-15)11-9-16(10-12-17)7-2-3-8-16/h18H,2-12H2,1H3. The molecule has 1 aromatic rings. The van der Waals surface area contributed by atoms with Crippen LogP contribution >= 0.6 is 11.3 Å². The van der Waals surface area contributed by atoms with Crippen molar-refractivity contribution in [2.75, 3.05) is 7.05 Å². The molecule has 0 aromatic carbocycles. The third-order valence-corrected chi connectivity index (χ3v) is 7.67. The van der Waals surface area contributed by atoms with Crippen LogP contribution < -0.4 is 5.32 Å². The lowest BCUT2D eigenvalue weighted by atomic mass is 9.66. The third kappa shape index (κ3) is 1.97. The molecule has 1 spiro atoms. The third-order valence-electron chi connectivity index (χ3n) is 6.31.